The van der Waals surface area contributed by atoms with Gasteiger partial charge >= 0.3 is 12.2 Å². The molecule has 0 bridgehead atoms. The molecule has 2 heterocycles. The van der Waals surface area contributed by atoms with Gasteiger partial charge in [-0.15, -0.1) is 0 Å². The number of amides is 2. The van der Waals surface area contributed by atoms with Gasteiger partial charge in [0.15, 0.2) is 0 Å². The molecule has 2 amide bonds. The smallest absolute Gasteiger partial charge is 0.410 e. The van der Waals surface area contributed by atoms with E-state index in [1.54, 1.807) is 4.90 Å². The first-order valence-electron chi connectivity index (χ1n) is 7.57. The van der Waals surface area contributed by atoms with Crippen LogP contribution in [0.1, 0.15) is 24.8 Å². The topological polar surface area (TPSA) is 67.9 Å². The number of carbonyl (C=O) groups excluding carboxylic acids is 2. The third-order valence-electron chi connectivity index (χ3n) is 4.22. The first-order valence-corrected chi connectivity index (χ1v) is 7.57. The number of carbonyl (C=O) groups is 2. The van der Waals surface area contributed by atoms with Gasteiger partial charge in [-0.1, -0.05) is 30.3 Å². The number of piperidine rings is 1. The van der Waals surface area contributed by atoms with Gasteiger partial charge in [0.2, 0.25) is 0 Å². The van der Waals surface area contributed by atoms with Crippen LogP contribution in [0.2, 0.25) is 0 Å². The molecule has 2 saturated heterocycles. The van der Waals surface area contributed by atoms with E-state index in [2.05, 4.69) is 5.32 Å². The van der Waals surface area contributed by atoms with Crippen molar-refractivity contribution < 1.29 is 19.1 Å². The van der Waals surface area contributed by atoms with Crippen LogP contribution in [0.25, 0.3) is 0 Å². The molecule has 1 aromatic rings. The number of nitrogens with one attached hydrogen (secondary N) is 1. The van der Waals surface area contributed by atoms with Gasteiger partial charge in [0, 0.05) is 19.5 Å². The van der Waals surface area contributed by atoms with Crippen molar-refractivity contribution in [3.8, 4) is 0 Å². The summed E-state index contributed by atoms with van der Waals surface area (Å²) in [6.45, 7) is 1.80. The molecule has 0 aliphatic carbocycles. The average Bonchev–Trinajstić information content (AvgIpc) is 2.53. The number of likely N-dealkylation sites (tertiary alicyclic amines) is 1. The number of hydrogen-bond acceptors (Lipinski definition) is 4. The van der Waals surface area contributed by atoms with Crippen molar-refractivity contribution in [3.05, 3.63) is 35.9 Å². The summed E-state index contributed by atoms with van der Waals surface area (Å²) >= 11 is 0. The minimum Gasteiger partial charge on any atom is -0.449 e. The molecule has 1 atom stereocenters. The van der Waals surface area contributed by atoms with E-state index in [0.717, 1.165) is 24.8 Å². The summed E-state index contributed by atoms with van der Waals surface area (Å²) in [6, 6.07) is 9.59. The number of hydrogen-bond donors (Lipinski definition) is 1. The molecule has 3 rings (SSSR count). The van der Waals surface area contributed by atoms with E-state index in [1.165, 1.54) is 0 Å². The normalized spacial score (nSPS) is 24.5. The quantitative estimate of drug-likeness (QED) is 0.910. The van der Waals surface area contributed by atoms with Gasteiger partial charge < -0.3 is 19.7 Å². The van der Waals surface area contributed by atoms with Gasteiger partial charge in [-0.05, 0) is 18.4 Å². The fourth-order valence-electron chi connectivity index (χ4n) is 3.06. The Kier molecular flexibility index (Phi) is 4.18. The maximum Gasteiger partial charge on any atom is 0.410 e. The van der Waals surface area contributed by atoms with Crippen LogP contribution in [0.15, 0.2) is 30.3 Å². The van der Waals surface area contributed by atoms with E-state index in [-0.39, 0.29) is 18.2 Å². The Labute approximate surface area is 129 Å². The van der Waals surface area contributed by atoms with Crippen molar-refractivity contribution in [3.63, 3.8) is 0 Å². The lowest BCUT2D eigenvalue weighted by Crippen LogP contribution is -2.62. The number of nitrogens with zero attached hydrogens (tertiary/aromatic N) is 1. The fraction of sp³-hybridized carbons (Fsp3) is 0.500. The Morgan fingerprint density at radius 3 is 2.91 bits per heavy atom. The van der Waals surface area contributed by atoms with Gasteiger partial charge in [-0.25, -0.2) is 9.59 Å². The summed E-state index contributed by atoms with van der Waals surface area (Å²) in [4.78, 5) is 25.4. The van der Waals surface area contributed by atoms with E-state index in [0.29, 0.717) is 19.7 Å². The van der Waals surface area contributed by atoms with E-state index in [1.807, 2.05) is 30.3 Å². The van der Waals surface area contributed by atoms with E-state index >= 15 is 0 Å². The monoisotopic (exact) mass is 304 g/mol. The maximum absolute atomic E-state index is 12.2. The predicted octanol–water partition coefficient (Wildman–Crippen LogP) is 2.29. The van der Waals surface area contributed by atoms with Crippen LogP contribution >= 0.6 is 0 Å². The molecule has 0 aromatic heterocycles. The summed E-state index contributed by atoms with van der Waals surface area (Å²) < 4.78 is 10.3. The van der Waals surface area contributed by atoms with Crippen molar-refractivity contribution in [2.24, 2.45) is 0 Å². The second-order valence-electron chi connectivity index (χ2n) is 5.86. The molecule has 0 unspecified atom stereocenters. The zero-order valence-electron chi connectivity index (χ0n) is 12.4. The first-order chi connectivity index (χ1) is 10.7. The summed E-state index contributed by atoms with van der Waals surface area (Å²) in [6.07, 6.45) is 1.71. The van der Waals surface area contributed by atoms with Crippen LogP contribution in [0, 0.1) is 0 Å². The Bertz CT molecular complexity index is 544. The van der Waals surface area contributed by atoms with E-state index in [4.69, 9.17) is 9.47 Å². The fourth-order valence-corrected chi connectivity index (χ4v) is 3.06. The second kappa shape index (κ2) is 6.25. The molecule has 118 valence electrons. The molecule has 6 nitrogen and oxygen atoms in total. The molecule has 2 aliphatic rings. The molecule has 1 aromatic carbocycles. The lowest BCUT2D eigenvalue weighted by molar-refractivity contribution is 0.0339. The Morgan fingerprint density at radius 1 is 1.32 bits per heavy atom. The van der Waals surface area contributed by atoms with E-state index in [9.17, 15) is 9.59 Å². The molecule has 22 heavy (non-hydrogen) atoms. The molecule has 2 fully saturated rings. The number of benzene rings is 1. The summed E-state index contributed by atoms with van der Waals surface area (Å²) in [5, 5.41) is 2.88. The molecule has 0 radical (unpaired) electrons. The largest absolute Gasteiger partial charge is 0.449 e. The highest BCUT2D eigenvalue weighted by Crippen LogP contribution is 2.27. The highest BCUT2D eigenvalue weighted by atomic mass is 16.6. The van der Waals surface area contributed by atoms with Crippen molar-refractivity contribution in [2.75, 3.05) is 19.7 Å². The maximum atomic E-state index is 12.2. The van der Waals surface area contributed by atoms with Crippen molar-refractivity contribution in [1.82, 2.24) is 10.2 Å². The highest BCUT2D eigenvalue weighted by Gasteiger charge is 2.41. The molecule has 0 saturated carbocycles. The number of ether oxygens (including phenoxy) is 2. The zero-order valence-corrected chi connectivity index (χ0v) is 12.4. The lowest BCUT2D eigenvalue weighted by Gasteiger charge is -2.44. The average molecular weight is 304 g/mol. The van der Waals surface area contributed by atoms with Gasteiger partial charge in [0.1, 0.15) is 6.61 Å². The number of alkyl carbamates (subject to hydrolysis) is 1. The minimum atomic E-state index is -0.397. The molecular formula is C16H20N2O4. The summed E-state index contributed by atoms with van der Waals surface area (Å²) in [5.41, 5.74) is 0.598. The van der Waals surface area contributed by atoms with Crippen LogP contribution in [0.3, 0.4) is 0 Å². The summed E-state index contributed by atoms with van der Waals surface area (Å²) in [7, 11) is 0. The van der Waals surface area contributed by atoms with Gasteiger partial charge in [-0.2, -0.15) is 0 Å². The SMILES string of the molecule is O=C1N[C@@]2(CCCN(C(=O)OCc3ccccc3)C2)CCO1. The Hall–Kier alpha value is -2.24. The standard InChI is InChI=1S/C16H20N2O4/c19-14-17-16(8-10-21-14)7-4-9-18(12-16)15(20)22-11-13-5-2-1-3-6-13/h1-3,5-6H,4,7-12H2,(H,17,19)/t16-/m0/s1. The van der Waals surface area contributed by atoms with Crippen LogP contribution in [-0.2, 0) is 16.1 Å². The molecule has 6 heteroatoms. The first kappa shape index (κ1) is 14.7. The molecule has 1 spiro atoms. The molecular weight excluding hydrogens is 284 g/mol. The van der Waals surface area contributed by atoms with Gasteiger partial charge in [0.05, 0.1) is 12.1 Å². The summed E-state index contributed by atoms with van der Waals surface area (Å²) in [5.74, 6) is 0. The van der Waals surface area contributed by atoms with Gasteiger partial charge in [-0.3, -0.25) is 0 Å². The Balaban J connectivity index is 1.57. The third-order valence-corrected chi connectivity index (χ3v) is 4.22. The van der Waals surface area contributed by atoms with Crippen molar-refractivity contribution in [2.45, 2.75) is 31.4 Å². The lowest BCUT2D eigenvalue weighted by atomic mass is 9.85. The van der Waals surface area contributed by atoms with Gasteiger partial charge in [0.25, 0.3) is 0 Å². The Morgan fingerprint density at radius 2 is 2.14 bits per heavy atom. The van der Waals surface area contributed by atoms with Crippen molar-refractivity contribution >= 4 is 12.2 Å². The van der Waals surface area contributed by atoms with Crippen LogP contribution in [0.4, 0.5) is 9.59 Å². The van der Waals surface area contributed by atoms with Crippen LogP contribution in [0.5, 0.6) is 0 Å². The van der Waals surface area contributed by atoms with Crippen LogP contribution in [-0.4, -0.2) is 42.3 Å². The molecule has 1 N–H and O–H groups in total. The van der Waals surface area contributed by atoms with Crippen molar-refractivity contribution in [1.29, 1.82) is 0 Å². The highest BCUT2D eigenvalue weighted by molar-refractivity contribution is 5.71. The molecule has 2 aliphatic heterocycles. The van der Waals surface area contributed by atoms with Crippen LogP contribution < -0.4 is 5.32 Å². The predicted molar refractivity (Wildman–Crippen MR) is 79.3 cm³/mol. The number of cyclic esters (lactones) is 1. The number of rotatable bonds is 2. The zero-order chi connectivity index (χ0) is 15.4. The van der Waals surface area contributed by atoms with E-state index < -0.39 is 6.09 Å². The minimum absolute atomic E-state index is 0.263. The second-order valence-corrected chi connectivity index (χ2v) is 5.86. The third kappa shape index (κ3) is 3.32.